The van der Waals surface area contributed by atoms with E-state index >= 15 is 0 Å². The van der Waals surface area contributed by atoms with Crippen molar-refractivity contribution in [1.29, 1.82) is 0 Å². The van der Waals surface area contributed by atoms with Gasteiger partial charge in [-0.05, 0) is 18.6 Å². The number of benzene rings is 1. The summed E-state index contributed by atoms with van der Waals surface area (Å²) in [5.41, 5.74) is 0.829. The second kappa shape index (κ2) is 7.53. The van der Waals surface area contributed by atoms with E-state index in [4.69, 9.17) is 0 Å². The predicted octanol–water partition coefficient (Wildman–Crippen LogP) is 2.87. The van der Waals surface area contributed by atoms with E-state index in [-0.39, 0.29) is 24.2 Å². The number of para-hydroxylation sites is 1. The lowest BCUT2D eigenvalue weighted by atomic mass is 10.1. The number of carbonyl (C=O) groups excluding carboxylic acids is 2. The first-order valence-corrected chi connectivity index (χ1v) is 8.97. The summed E-state index contributed by atoms with van der Waals surface area (Å²) in [6.07, 6.45) is 3.27. The maximum Gasteiger partial charge on any atom is 0.231 e. The molecule has 2 heterocycles. The van der Waals surface area contributed by atoms with Crippen molar-refractivity contribution in [3.05, 3.63) is 35.3 Å². The van der Waals surface area contributed by atoms with Crippen molar-refractivity contribution in [2.45, 2.75) is 32.6 Å². The maximum absolute atomic E-state index is 12.4. The Kier molecular flexibility index (Phi) is 5.20. The molecule has 1 N–H and O–H groups in total. The van der Waals surface area contributed by atoms with Gasteiger partial charge in [0.2, 0.25) is 16.9 Å². The molecule has 1 atom stereocenters. The van der Waals surface area contributed by atoms with Crippen LogP contribution >= 0.6 is 11.3 Å². The predicted molar refractivity (Wildman–Crippen MR) is 94.1 cm³/mol. The van der Waals surface area contributed by atoms with Crippen LogP contribution in [0.1, 0.15) is 31.2 Å². The van der Waals surface area contributed by atoms with E-state index in [2.05, 4.69) is 22.4 Å². The quantitative estimate of drug-likeness (QED) is 0.874. The lowest BCUT2D eigenvalue weighted by Gasteiger charge is -2.16. The molecule has 6 nitrogen and oxygen atoms in total. The van der Waals surface area contributed by atoms with Crippen molar-refractivity contribution in [3.63, 3.8) is 0 Å². The van der Waals surface area contributed by atoms with Crippen LogP contribution in [0, 0.1) is 5.92 Å². The Morgan fingerprint density at radius 1 is 1.33 bits per heavy atom. The molecule has 1 saturated heterocycles. The highest BCUT2D eigenvalue weighted by Crippen LogP contribution is 2.26. The molecule has 1 aliphatic heterocycles. The highest BCUT2D eigenvalue weighted by molar-refractivity contribution is 7.15. The number of unbranched alkanes of at least 4 members (excludes halogenated alkanes) is 1. The molecule has 0 bridgehead atoms. The summed E-state index contributed by atoms with van der Waals surface area (Å²) < 4.78 is 0. The van der Waals surface area contributed by atoms with E-state index in [0.717, 1.165) is 30.0 Å². The number of nitrogens with zero attached hydrogens (tertiary/aromatic N) is 3. The van der Waals surface area contributed by atoms with Crippen LogP contribution in [0.25, 0.3) is 0 Å². The second-order valence-electron chi connectivity index (χ2n) is 5.83. The first kappa shape index (κ1) is 16.6. The van der Waals surface area contributed by atoms with Gasteiger partial charge in [-0.25, -0.2) is 0 Å². The second-order valence-corrected chi connectivity index (χ2v) is 6.90. The lowest BCUT2D eigenvalue weighted by Crippen LogP contribution is -2.28. The highest BCUT2D eigenvalue weighted by atomic mass is 32.1. The monoisotopic (exact) mass is 344 g/mol. The molecule has 24 heavy (non-hydrogen) atoms. The Morgan fingerprint density at radius 2 is 2.12 bits per heavy atom. The summed E-state index contributed by atoms with van der Waals surface area (Å²) in [7, 11) is 0. The van der Waals surface area contributed by atoms with Gasteiger partial charge >= 0.3 is 0 Å². The average Bonchev–Trinajstić information content (AvgIpc) is 3.20. The number of anilines is 2. The third kappa shape index (κ3) is 3.79. The smallest absolute Gasteiger partial charge is 0.231 e. The van der Waals surface area contributed by atoms with Gasteiger partial charge in [0.25, 0.3) is 0 Å². The van der Waals surface area contributed by atoms with Gasteiger partial charge < -0.3 is 10.2 Å². The van der Waals surface area contributed by atoms with Gasteiger partial charge in [-0.3, -0.25) is 9.59 Å². The molecular formula is C17H20N4O2S. The van der Waals surface area contributed by atoms with Gasteiger partial charge in [0.1, 0.15) is 5.01 Å². The zero-order chi connectivity index (χ0) is 16.9. The minimum atomic E-state index is -0.360. The van der Waals surface area contributed by atoms with Crippen LogP contribution in [-0.2, 0) is 16.0 Å². The van der Waals surface area contributed by atoms with Gasteiger partial charge in [-0.2, -0.15) is 0 Å². The van der Waals surface area contributed by atoms with E-state index in [9.17, 15) is 9.59 Å². The fourth-order valence-electron chi connectivity index (χ4n) is 2.68. The Balaban J connectivity index is 1.60. The van der Waals surface area contributed by atoms with Crippen LogP contribution in [0.2, 0.25) is 0 Å². The molecule has 7 heteroatoms. The van der Waals surface area contributed by atoms with Crippen LogP contribution in [0.5, 0.6) is 0 Å². The number of rotatable bonds is 6. The number of hydrogen-bond acceptors (Lipinski definition) is 5. The summed E-state index contributed by atoms with van der Waals surface area (Å²) >= 11 is 1.41. The zero-order valence-corrected chi connectivity index (χ0v) is 14.4. The fourth-order valence-corrected chi connectivity index (χ4v) is 3.47. The molecule has 1 fully saturated rings. The standard InChI is InChI=1S/C17H20N4O2S/c1-2-3-9-14-19-20-17(24-14)18-16(23)12-10-15(22)21(11-12)13-7-5-4-6-8-13/h4-8,12H,2-3,9-11H2,1H3,(H,18,20,23)/t12-/m1/s1. The Bertz CT molecular complexity index is 716. The molecule has 1 aromatic heterocycles. The van der Waals surface area contributed by atoms with Crippen molar-refractivity contribution in [3.8, 4) is 0 Å². The van der Waals surface area contributed by atoms with E-state index in [1.807, 2.05) is 30.3 Å². The normalized spacial score (nSPS) is 17.3. The molecule has 1 aliphatic rings. The highest BCUT2D eigenvalue weighted by Gasteiger charge is 2.35. The minimum absolute atomic E-state index is 0.0257. The Morgan fingerprint density at radius 3 is 2.88 bits per heavy atom. The van der Waals surface area contributed by atoms with Crippen molar-refractivity contribution >= 4 is 34.0 Å². The fraction of sp³-hybridized carbons (Fsp3) is 0.412. The number of carbonyl (C=O) groups is 2. The largest absolute Gasteiger partial charge is 0.312 e. The van der Waals surface area contributed by atoms with Crippen molar-refractivity contribution in [2.75, 3.05) is 16.8 Å². The molecule has 0 spiro atoms. The van der Waals surface area contributed by atoms with Crippen LogP contribution in [0.4, 0.5) is 10.8 Å². The average molecular weight is 344 g/mol. The summed E-state index contributed by atoms with van der Waals surface area (Å²) in [6, 6.07) is 9.43. The molecule has 2 amide bonds. The molecule has 0 saturated carbocycles. The maximum atomic E-state index is 12.4. The molecule has 0 unspecified atom stereocenters. The third-order valence-electron chi connectivity index (χ3n) is 4.00. The molecule has 3 rings (SSSR count). The molecule has 0 radical (unpaired) electrons. The summed E-state index contributed by atoms with van der Waals surface area (Å²) in [4.78, 5) is 26.3. The number of hydrogen-bond donors (Lipinski definition) is 1. The van der Waals surface area contributed by atoms with E-state index in [1.54, 1.807) is 4.90 Å². The van der Waals surface area contributed by atoms with E-state index < -0.39 is 0 Å². The van der Waals surface area contributed by atoms with Crippen molar-refractivity contribution in [1.82, 2.24) is 10.2 Å². The number of aromatic nitrogens is 2. The molecule has 2 aromatic rings. The van der Waals surface area contributed by atoms with Gasteiger partial charge in [0.05, 0.1) is 5.92 Å². The molecule has 0 aliphatic carbocycles. The van der Waals surface area contributed by atoms with E-state index in [0.29, 0.717) is 11.7 Å². The SMILES string of the molecule is CCCCc1nnc(NC(=O)[C@@H]2CC(=O)N(c3ccccc3)C2)s1. The van der Waals surface area contributed by atoms with Crippen LogP contribution in [0.15, 0.2) is 30.3 Å². The lowest BCUT2D eigenvalue weighted by molar-refractivity contribution is -0.122. The summed E-state index contributed by atoms with van der Waals surface area (Å²) in [5.74, 6) is -0.553. The first-order chi connectivity index (χ1) is 11.7. The van der Waals surface area contributed by atoms with Crippen LogP contribution in [0.3, 0.4) is 0 Å². The number of nitrogens with one attached hydrogen (secondary N) is 1. The Hall–Kier alpha value is -2.28. The zero-order valence-electron chi connectivity index (χ0n) is 13.6. The van der Waals surface area contributed by atoms with Crippen LogP contribution in [-0.4, -0.2) is 28.6 Å². The number of amides is 2. The van der Waals surface area contributed by atoms with Crippen molar-refractivity contribution in [2.24, 2.45) is 5.92 Å². The van der Waals surface area contributed by atoms with Gasteiger partial charge in [0.15, 0.2) is 0 Å². The Labute approximate surface area is 144 Å². The van der Waals surface area contributed by atoms with Gasteiger partial charge in [-0.1, -0.05) is 42.9 Å². The molecule has 1 aromatic carbocycles. The van der Waals surface area contributed by atoms with E-state index in [1.165, 1.54) is 11.3 Å². The van der Waals surface area contributed by atoms with Crippen molar-refractivity contribution < 1.29 is 9.59 Å². The van der Waals surface area contributed by atoms with Gasteiger partial charge in [-0.15, -0.1) is 10.2 Å². The van der Waals surface area contributed by atoms with Gasteiger partial charge in [0, 0.05) is 25.1 Å². The molecule has 126 valence electrons. The van der Waals surface area contributed by atoms with Crippen LogP contribution < -0.4 is 10.2 Å². The summed E-state index contributed by atoms with van der Waals surface area (Å²) in [5, 5.41) is 12.3. The molecular weight excluding hydrogens is 324 g/mol. The third-order valence-corrected chi connectivity index (χ3v) is 4.90. The minimum Gasteiger partial charge on any atom is -0.312 e. The first-order valence-electron chi connectivity index (χ1n) is 8.16. The topological polar surface area (TPSA) is 75.2 Å². The summed E-state index contributed by atoms with van der Waals surface area (Å²) in [6.45, 7) is 2.52. The number of aryl methyl sites for hydroxylation is 1.